The summed E-state index contributed by atoms with van der Waals surface area (Å²) < 4.78 is 105. The molecule has 704 valence electrons. The minimum atomic E-state index is -0.598. The fourth-order valence-electron chi connectivity index (χ4n) is 23.8. The normalized spacial score (nSPS) is 42.3. The van der Waals surface area contributed by atoms with Crippen molar-refractivity contribution in [3.05, 3.63) is 70.4 Å². The van der Waals surface area contributed by atoms with Gasteiger partial charge in [-0.1, -0.05) is 108 Å². The number of hydrogen-bond acceptors (Lipinski definition) is 24. The molecule has 6 aliphatic heterocycles. The molecule has 0 bridgehead atoms. The summed E-state index contributed by atoms with van der Waals surface area (Å²) >= 11 is 0. The van der Waals surface area contributed by atoms with Crippen LogP contribution < -0.4 is 0 Å². The van der Waals surface area contributed by atoms with Crippen molar-refractivity contribution in [2.75, 3.05) is 70.8 Å². The van der Waals surface area contributed by atoms with Gasteiger partial charge in [-0.05, 0) is 268 Å². The van der Waals surface area contributed by atoms with Crippen molar-refractivity contribution in [3.8, 4) is 12.3 Å². The molecule has 125 heavy (non-hydrogen) atoms. The number of Topliss-reactive ketones (excluding diaryl/α,β-unsaturated/α-hetero) is 2. The van der Waals surface area contributed by atoms with Crippen molar-refractivity contribution in [1.29, 1.82) is 0 Å². The largest absolute Gasteiger partial charge is 0.462 e. The molecular weight excluding hydrogens is 1590 g/mol. The summed E-state index contributed by atoms with van der Waals surface area (Å²) in [5.41, 5.74) is 4.97. The second-order valence-corrected chi connectivity index (χ2v) is 39.9. The van der Waals surface area contributed by atoms with Crippen LogP contribution in [0.2, 0.25) is 0 Å². The van der Waals surface area contributed by atoms with Gasteiger partial charge < -0.3 is 90.3 Å². The highest BCUT2D eigenvalue weighted by atomic mass is 16.7. The molecule has 9 fully saturated rings. The number of esters is 3. The van der Waals surface area contributed by atoms with Crippen molar-refractivity contribution >= 4 is 29.5 Å². The van der Waals surface area contributed by atoms with Gasteiger partial charge in [-0.3, -0.25) is 24.0 Å². The number of hydrogen-bond donors (Lipinski definition) is 0. The average molecular weight is 1750 g/mol. The van der Waals surface area contributed by atoms with E-state index in [0.29, 0.717) is 36.8 Å². The monoisotopic (exact) mass is 1750 g/mol. The van der Waals surface area contributed by atoms with Crippen LogP contribution >= 0.6 is 0 Å². The van der Waals surface area contributed by atoms with E-state index in [1.165, 1.54) is 11.1 Å². The minimum Gasteiger partial charge on any atom is -0.462 e. The molecule has 37 atom stereocenters. The third kappa shape index (κ3) is 23.2. The van der Waals surface area contributed by atoms with Gasteiger partial charge in [0, 0.05) is 78.4 Å². The van der Waals surface area contributed by atoms with Crippen LogP contribution in [0.1, 0.15) is 226 Å². The van der Waals surface area contributed by atoms with Crippen molar-refractivity contribution in [1.82, 2.24) is 9.80 Å². The predicted molar refractivity (Wildman–Crippen MR) is 476 cm³/mol. The number of terminal acetylenes is 1. The topological polar surface area (TPSA) is 249 Å². The van der Waals surface area contributed by atoms with Gasteiger partial charge in [0.15, 0.2) is 42.8 Å². The minimum absolute atomic E-state index is 0.0319. The molecule has 3 saturated carbocycles. The Balaban J connectivity index is 0.000000200. The van der Waals surface area contributed by atoms with E-state index in [1.807, 2.05) is 47.6 Å². The van der Waals surface area contributed by atoms with E-state index < -0.39 is 30.9 Å². The third-order valence-corrected chi connectivity index (χ3v) is 30.9. The van der Waals surface area contributed by atoms with Crippen LogP contribution in [0.25, 0.3) is 0 Å². The highest BCUT2D eigenvalue weighted by Gasteiger charge is 2.62. The summed E-state index contributed by atoms with van der Waals surface area (Å²) in [6.45, 7) is 30.8. The quantitative estimate of drug-likeness (QED) is 0.0399. The lowest BCUT2D eigenvalue weighted by Gasteiger charge is -2.44. The fourth-order valence-corrected chi connectivity index (χ4v) is 23.8. The Morgan fingerprint density at radius 2 is 0.992 bits per heavy atom. The molecule has 6 saturated heterocycles. The smallest absolute Gasteiger partial charge is 0.311 e. The summed E-state index contributed by atoms with van der Waals surface area (Å²) in [6.07, 6.45) is 29.4. The highest BCUT2D eigenvalue weighted by Crippen LogP contribution is 2.61. The van der Waals surface area contributed by atoms with Crippen LogP contribution in [0, 0.1) is 101 Å². The maximum Gasteiger partial charge on any atom is 0.311 e. The first-order valence-corrected chi connectivity index (χ1v) is 47.6. The van der Waals surface area contributed by atoms with Gasteiger partial charge in [0.2, 0.25) is 0 Å². The van der Waals surface area contributed by atoms with Crippen LogP contribution in [0.4, 0.5) is 0 Å². The van der Waals surface area contributed by atoms with E-state index in [9.17, 15) is 24.0 Å². The first kappa shape index (κ1) is 101. The van der Waals surface area contributed by atoms with Crippen molar-refractivity contribution in [3.63, 3.8) is 0 Å². The van der Waals surface area contributed by atoms with Crippen molar-refractivity contribution in [2.45, 2.75) is 367 Å². The van der Waals surface area contributed by atoms with Gasteiger partial charge in [0.1, 0.15) is 48.8 Å². The number of nitrogens with zero attached hydrogens (tertiary/aromatic N) is 2. The molecule has 24 heteroatoms. The second kappa shape index (κ2) is 45.0. The summed E-state index contributed by atoms with van der Waals surface area (Å²) in [6, 6.07) is 0.676. The van der Waals surface area contributed by atoms with Crippen LogP contribution in [-0.2, 0) is 104 Å². The van der Waals surface area contributed by atoms with Crippen LogP contribution in [0.3, 0.4) is 0 Å². The Hall–Kier alpha value is -4.89. The van der Waals surface area contributed by atoms with Gasteiger partial charge in [-0.2, -0.15) is 0 Å². The van der Waals surface area contributed by atoms with E-state index in [2.05, 4.69) is 143 Å². The van der Waals surface area contributed by atoms with Gasteiger partial charge >= 0.3 is 17.9 Å². The summed E-state index contributed by atoms with van der Waals surface area (Å²) in [5, 5.41) is 0. The first-order chi connectivity index (χ1) is 59.6. The van der Waals surface area contributed by atoms with Gasteiger partial charge in [-0.15, -0.1) is 6.42 Å². The number of methoxy groups -OCH3 is 6. The lowest BCUT2D eigenvalue weighted by Crippen LogP contribution is -2.59. The zero-order valence-electron chi connectivity index (χ0n) is 80.3. The second-order valence-electron chi connectivity index (χ2n) is 39.9. The summed E-state index contributed by atoms with van der Waals surface area (Å²) in [4.78, 5) is 73.2. The molecule has 13 aliphatic rings. The fraction of sp³-hybridized carbons (Fsp3) is 0.812. The van der Waals surface area contributed by atoms with Crippen molar-refractivity contribution < 1.29 is 104 Å². The number of fused-ring (bicyclic) bond motifs is 10. The zero-order valence-corrected chi connectivity index (χ0v) is 80.3. The summed E-state index contributed by atoms with van der Waals surface area (Å²) in [7, 11) is 18.3. The number of rotatable bonds is 23. The Labute approximate surface area is 748 Å². The number of cyclic esters (lactones) is 2. The van der Waals surface area contributed by atoms with Gasteiger partial charge in [-0.25, -0.2) is 0 Å². The van der Waals surface area contributed by atoms with Crippen molar-refractivity contribution in [2.24, 2.45) is 88.3 Å². The molecule has 0 aromatic carbocycles. The number of carbonyl (C=O) groups is 5. The Bertz CT molecular complexity index is 3820. The lowest BCUT2D eigenvalue weighted by molar-refractivity contribution is -0.314. The number of allylic oxidation sites excluding steroid dienone is 11. The lowest BCUT2D eigenvalue weighted by atomic mass is 9.67. The van der Waals surface area contributed by atoms with Gasteiger partial charge in [0.05, 0.1) is 67.6 Å². The SMILES string of the molecule is C#CC(OC(=O)[C@@H]1C(C=C(C)C)C1(C)C)/C(C)=C/CC.CC[C@H]1CCC[C@H](O[C@H]2CC[C@H](N(C)C)[C@@H](C)O2)[C@@H](C)C(=O)C2=C[C@@H]3[C@@H](C=C(C)[C@@H]4C[C@@H](O[C@@H]5O[C@@H](C)[C@H](OC)[C@@H](OC)[C@H]5OC)C[C@@H]34)[C@@H]2CC(=O)O1.CC[C@H]1CCC[C@H](O[C@H]2CC[C@H](N(C)C)[C@@H](C)O2)[C@@H](C)C(=O)C2=C[C@@H]3[C@@H](C=C[C@@H]4C[C@@H](O[C@@H]5O[C@@H](C)[C@H](OC)[C@@H](OC)[C@H]5OC)C[C@@H]34)[C@@H]2CC(=O)O1. The van der Waals surface area contributed by atoms with E-state index >= 15 is 0 Å². The Morgan fingerprint density at radius 3 is 1.42 bits per heavy atom. The van der Waals surface area contributed by atoms with E-state index in [4.69, 9.17) is 87.0 Å². The van der Waals surface area contributed by atoms with Gasteiger partial charge in [0.25, 0.3) is 0 Å². The Kier molecular flexibility index (Phi) is 36.3. The molecule has 24 nitrogen and oxygen atoms in total. The number of carbonyl (C=O) groups excluding carboxylic acids is 5. The Morgan fingerprint density at radius 1 is 0.536 bits per heavy atom. The maximum absolute atomic E-state index is 14.7. The molecule has 0 spiro atoms. The molecule has 7 aliphatic carbocycles. The van der Waals surface area contributed by atoms with E-state index in [1.54, 1.807) is 42.7 Å². The molecule has 0 N–H and O–H groups in total. The maximum atomic E-state index is 14.7. The molecule has 0 radical (unpaired) electrons. The highest BCUT2D eigenvalue weighted by molar-refractivity contribution is 6.00. The molecular formula is C101H158N2O22. The third-order valence-electron chi connectivity index (χ3n) is 30.9. The first-order valence-electron chi connectivity index (χ1n) is 47.6. The van der Waals surface area contributed by atoms with Crippen LogP contribution in [0.15, 0.2) is 70.4 Å². The van der Waals surface area contributed by atoms with Crippen LogP contribution in [-0.4, -0.2) is 251 Å². The summed E-state index contributed by atoms with van der Waals surface area (Å²) in [5.74, 6) is 2.59. The average Bonchev–Trinajstić information content (AvgIpc) is 1.57. The van der Waals surface area contributed by atoms with E-state index in [-0.39, 0.29) is 217 Å². The van der Waals surface area contributed by atoms with Crippen LogP contribution in [0.5, 0.6) is 0 Å². The molecule has 2 unspecified atom stereocenters. The number of ketones is 2. The van der Waals surface area contributed by atoms with E-state index in [0.717, 1.165) is 113 Å². The standard InChI is InChI=1S/C42H67NO10.C41H65NO10.C18H26O2/c1-11-26-13-12-14-35(53-37-16-15-34(43(6)7)24(4)49-37)23(3)38(45)33-20-31-29(32(33)21-36(44)51-26)17-22(2)28-18-27(19-30(28)31)52-42-41(48-10)40(47-9)39(46-8)25(5)50-42;1-10-26-12-11-13-34(52-36-17-16-33(42(5)6)23(3)48-36)22(2)37(44)32-20-30-28(31(32)21-35(43)50-26)15-14-25-18-27(19-29(25)30)51-41-40(47-9)39(46-8)38(45-7)24(4)49-41;1-8-10-13(5)15(9-2)20-17(19)16-14(11-12(3)4)18(16,6)7/h17,20,23-32,34-35,37,39-42H,11-16,18-19,21H2,1-10H3;14-15,20,22-31,33-34,36,38-41H,10-13,16-19,21H2,1-9H3;2,10-11,14-16H,8H2,1,3-7H3/b;;13-10+/t23-,24-,25+,26+,27-,28+,29-,30-,31-,32+,34+,35+,37+,39+,40-,41-,42+;22-,23-,24+,25-,26+,27-,28-,29-,30-,31+,33+,34+,36+,38+,39-,40-,41+;14?,15?,16-/m110/s1. The molecule has 0 aromatic heterocycles. The number of ether oxygens (including phenoxy) is 17. The predicted octanol–water partition coefficient (Wildman–Crippen LogP) is 15.5. The molecule has 13 rings (SSSR count). The molecule has 0 amide bonds. The molecule has 6 heterocycles. The molecule has 0 aromatic rings. The zero-order chi connectivity index (χ0) is 90.9. The number of likely N-dealkylation sites (N-methyl/N-ethyl adjacent to an activating group) is 2.